The summed E-state index contributed by atoms with van der Waals surface area (Å²) in [5.41, 5.74) is 0. The highest BCUT2D eigenvalue weighted by Gasteiger charge is 1.97. The van der Waals surface area contributed by atoms with Crippen molar-refractivity contribution in [2.24, 2.45) is 0 Å². The van der Waals surface area contributed by atoms with E-state index in [1.165, 1.54) is 13.4 Å². The topological polar surface area (TPSA) is 47.9 Å². The van der Waals surface area contributed by atoms with Gasteiger partial charge >= 0.3 is 6.01 Å². The van der Waals surface area contributed by atoms with Crippen LogP contribution in [0.2, 0.25) is 0 Å². The standard InChI is InChI=1S/C5H6FN3O/c1-10-5-8-3-7-4(2-6)9-5/h3H,2H2,1H3. The largest absolute Gasteiger partial charge is 0.467 e. The SMILES string of the molecule is COc1ncnc(CF)n1. The predicted molar refractivity (Wildman–Crippen MR) is 31.2 cm³/mol. The molecule has 0 radical (unpaired) electrons. The van der Waals surface area contributed by atoms with E-state index in [9.17, 15) is 4.39 Å². The summed E-state index contributed by atoms with van der Waals surface area (Å²) >= 11 is 0. The number of methoxy groups -OCH3 is 1. The number of hydrogen-bond donors (Lipinski definition) is 0. The summed E-state index contributed by atoms with van der Waals surface area (Å²) in [6, 6.07) is 0.141. The maximum Gasteiger partial charge on any atom is 0.319 e. The molecule has 10 heavy (non-hydrogen) atoms. The highest BCUT2D eigenvalue weighted by Crippen LogP contribution is 1.98. The molecule has 0 fully saturated rings. The maximum absolute atomic E-state index is 11.8. The third-order valence-corrected chi connectivity index (χ3v) is 0.902. The number of hydrogen-bond acceptors (Lipinski definition) is 4. The van der Waals surface area contributed by atoms with E-state index in [1.54, 1.807) is 0 Å². The monoisotopic (exact) mass is 143 g/mol. The van der Waals surface area contributed by atoms with Gasteiger partial charge in [0.25, 0.3) is 0 Å². The fourth-order valence-electron chi connectivity index (χ4n) is 0.476. The van der Waals surface area contributed by atoms with Gasteiger partial charge in [-0.1, -0.05) is 0 Å². The fourth-order valence-corrected chi connectivity index (χ4v) is 0.476. The van der Waals surface area contributed by atoms with Crippen molar-refractivity contribution in [3.63, 3.8) is 0 Å². The summed E-state index contributed by atoms with van der Waals surface area (Å²) in [5.74, 6) is 0.0897. The van der Waals surface area contributed by atoms with Crippen LogP contribution in [0.25, 0.3) is 0 Å². The van der Waals surface area contributed by atoms with Crippen LogP contribution in [-0.4, -0.2) is 22.1 Å². The first-order chi connectivity index (χ1) is 4.86. The quantitative estimate of drug-likeness (QED) is 0.599. The zero-order valence-corrected chi connectivity index (χ0v) is 5.41. The van der Waals surface area contributed by atoms with E-state index >= 15 is 0 Å². The van der Waals surface area contributed by atoms with Gasteiger partial charge in [-0.2, -0.15) is 9.97 Å². The molecule has 4 nitrogen and oxygen atoms in total. The third kappa shape index (κ3) is 1.37. The molecule has 0 unspecified atom stereocenters. The molecule has 1 aromatic heterocycles. The van der Waals surface area contributed by atoms with Gasteiger partial charge in [-0.15, -0.1) is 0 Å². The van der Waals surface area contributed by atoms with Gasteiger partial charge in [0.15, 0.2) is 5.82 Å². The Morgan fingerprint density at radius 3 is 3.00 bits per heavy atom. The Kier molecular flexibility index (Phi) is 2.09. The zero-order chi connectivity index (χ0) is 7.40. The minimum Gasteiger partial charge on any atom is -0.467 e. The lowest BCUT2D eigenvalue weighted by atomic mass is 10.7. The van der Waals surface area contributed by atoms with E-state index in [0.29, 0.717) is 0 Å². The van der Waals surface area contributed by atoms with E-state index in [0.717, 1.165) is 0 Å². The Morgan fingerprint density at radius 2 is 2.40 bits per heavy atom. The van der Waals surface area contributed by atoms with Crippen molar-refractivity contribution in [3.8, 4) is 6.01 Å². The van der Waals surface area contributed by atoms with Crippen LogP contribution in [-0.2, 0) is 6.67 Å². The van der Waals surface area contributed by atoms with Crippen LogP contribution in [0.3, 0.4) is 0 Å². The Labute approximate surface area is 57.1 Å². The smallest absolute Gasteiger partial charge is 0.319 e. The third-order valence-electron chi connectivity index (χ3n) is 0.902. The van der Waals surface area contributed by atoms with Gasteiger partial charge in [0.05, 0.1) is 7.11 Å². The first-order valence-corrected chi connectivity index (χ1v) is 2.64. The minimum atomic E-state index is -0.696. The molecule has 0 saturated carbocycles. The molecule has 0 saturated heterocycles. The van der Waals surface area contributed by atoms with Crippen molar-refractivity contribution < 1.29 is 9.13 Å². The van der Waals surface area contributed by atoms with Crippen LogP contribution in [0.1, 0.15) is 5.82 Å². The van der Waals surface area contributed by atoms with Crippen molar-refractivity contribution >= 4 is 0 Å². The average Bonchev–Trinajstić information content (AvgIpc) is 2.05. The van der Waals surface area contributed by atoms with Crippen LogP contribution < -0.4 is 4.74 Å². The predicted octanol–water partition coefficient (Wildman–Crippen LogP) is 0.350. The summed E-state index contributed by atoms with van der Waals surface area (Å²) in [5, 5.41) is 0. The summed E-state index contributed by atoms with van der Waals surface area (Å²) in [6.07, 6.45) is 1.21. The van der Waals surface area contributed by atoms with E-state index in [1.807, 2.05) is 0 Å². The van der Waals surface area contributed by atoms with E-state index in [4.69, 9.17) is 0 Å². The molecule has 1 rings (SSSR count). The molecule has 1 aromatic rings. The van der Waals surface area contributed by atoms with Crippen LogP contribution in [0.4, 0.5) is 4.39 Å². The summed E-state index contributed by atoms with van der Waals surface area (Å²) in [6.45, 7) is -0.696. The number of halogens is 1. The number of rotatable bonds is 2. The molecule has 0 atom stereocenters. The van der Waals surface area contributed by atoms with Crippen LogP contribution in [0, 0.1) is 0 Å². The molecule has 0 aliphatic carbocycles. The highest BCUT2D eigenvalue weighted by molar-refractivity contribution is 4.93. The number of nitrogens with zero attached hydrogens (tertiary/aromatic N) is 3. The van der Waals surface area contributed by atoms with Crippen LogP contribution >= 0.6 is 0 Å². The summed E-state index contributed by atoms with van der Waals surface area (Å²) < 4.78 is 16.5. The van der Waals surface area contributed by atoms with Crippen LogP contribution in [0.5, 0.6) is 6.01 Å². The average molecular weight is 143 g/mol. The first-order valence-electron chi connectivity index (χ1n) is 2.64. The van der Waals surface area contributed by atoms with Gasteiger partial charge in [-0.25, -0.2) is 9.37 Å². The fraction of sp³-hybridized carbons (Fsp3) is 0.400. The van der Waals surface area contributed by atoms with Crippen molar-refractivity contribution in [1.82, 2.24) is 15.0 Å². The Bertz CT molecular complexity index is 199. The lowest BCUT2D eigenvalue weighted by Gasteiger charge is -1.95. The Balaban J connectivity index is 2.87. The zero-order valence-electron chi connectivity index (χ0n) is 5.41. The van der Waals surface area contributed by atoms with Gasteiger partial charge in [-0.3, -0.25) is 0 Å². The van der Waals surface area contributed by atoms with Gasteiger partial charge in [0, 0.05) is 0 Å². The maximum atomic E-state index is 11.8. The molecule has 0 amide bonds. The van der Waals surface area contributed by atoms with E-state index in [2.05, 4.69) is 19.7 Å². The Morgan fingerprint density at radius 1 is 1.60 bits per heavy atom. The van der Waals surface area contributed by atoms with E-state index in [-0.39, 0.29) is 11.8 Å². The second kappa shape index (κ2) is 3.05. The number of aromatic nitrogens is 3. The molecular weight excluding hydrogens is 137 g/mol. The van der Waals surface area contributed by atoms with Crippen molar-refractivity contribution in [3.05, 3.63) is 12.2 Å². The second-order valence-corrected chi connectivity index (χ2v) is 1.52. The molecule has 0 spiro atoms. The molecule has 0 aliphatic heterocycles. The van der Waals surface area contributed by atoms with Crippen LogP contribution in [0.15, 0.2) is 6.33 Å². The number of ether oxygens (including phenoxy) is 1. The van der Waals surface area contributed by atoms with Gasteiger partial charge in [-0.05, 0) is 0 Å². The van der Waals surface area contributed by atoms with Gasteiger partial charge in [0.1, 0.15) is 13.0 Å². The van der Waals surface area contributed by atoms with Gasteiger partial charge < -0.3 is 4.74 Å². The Hall–Kier alpha value is -1.26. The molecule has 5 heteroatoms. The lowest BCUT2D eigenvalue weighted by Crippen LogP contribution is -1.97. The van der Waals surface area contributed by atoms with Crippen molar-refractivity contribution in [1.29, 1.82) is 0 Å². The second-order valence-electron chi connectivity index (χ2n) is 1.52. The molecule has 0 aliphatic rings. The van der Waals surface area contributed by atoms with Gasteiger partial charge in [0.2, 0.25) is 0 Å². The molecular formula is C5H6FN3O. The van der Waals surface area contributed by atoms with Crippen molar-refractivity contribution in [2.75, 3.05) is 7.11 Å². The lowest BCUT2D eigenvalue weighted by molar-refractivity contribution is 0.368. The molecule has 1 heterocycles. The minimum absolute atomic E-state index is 0.0897. The summed E-state index contributed by atoms with van der Waals surface area (Å²) in [7, 11) is 1.41. The van der Waals surface area contributed by atoms with E-state index < -0.39 is 6.67 Å². The molecule has 0 aromatic carbocycles. The normalized spacial score (nSPS) is 9.40. The highest BCUT2D eigenvalue weighted by atomic mass is 19.1. The molecule has 0 N–H and O–H groups in total. The van der Waals surface area contributed by atoms with Crippen molar-refractivity contribution in [2.45, 2.75) is 6.67 Å². The molecule has 0 bridgehead atoms. The first kappa shape index (κ1) is 6.85. The number of alkyl halides is 1. The summed E-state index contributed by atoms with van der Waals surface area (Å²) in [4.78, 5) is 10.7. The molecule has 54 valence electrons.